The number of hydrogen-bond acceptors (Lipinski definition) is 1. The molecule has 2 aromatic carbocycles. The molecule has 0 fully saturated rings. The van der Waals surface area contributed by atoms with Crippen LogP contribution in [-0.2, 0) is 0 Å². The number of halogens is 3. The Morgan fingerprint density at radius 2 is 1.90 bits per heavy atom. The largest absolute Gasteiger partial charge is 0.310 e. The van der Waals surface area contributed by atoms with Crippen molar-refractivity contribution >= 4 is 11.6 Å². The van der Waals surface area contributed by atoms with Crippen LogP contribution in [0.2, 0.25) is 5.02 Å². The van der Waals surface area contributed by atoms with Gasteiger partial charge in [-0.15, -0.1) is 0 Å². The first-order valence-corrected chi connectivity index (χ1v) is 6.89. The van der Waals surface area contributed by atoms with Crippen LogP contribution in [0.3, 0.4) is 0 Å². The van der Waals surface area contributed by atoms with Crippen molar-refractivity contribution in [1.29, 1.82) is 0 Å². The highest BCUT2D eigenvalue weighted by molar-refractivity contribution is 6.31. The van der Waals surface area contributed by atoms with Gasteiger partial charge in [0.05, 0.1) is 5.02 Å². The number of benzene rings is 2. The Kier molecular flexibility index (Phi) is 4.73. The first kappa shape index (κ1) is 14.9. The molecule has 0 amide bonds. The molecule has 20 heavy (non-hydrogen) atoms. The summed E-state index contributed by atoms with van der Waals surface area (Å²) in [6, 6.07) is 9.12. The van der Waals surface area contributed by atoms with Gasteiger partial charge in [-0.05, 0) is 54.4 Å². The SMILES string of the molecule is CCNC(C)c1ccc(F)cc1-c1ccc(F)c(Cl)c1. The number of nitrogens with one attached hydrogen (secondary N) is 1. The predicted octanol–water partition coefficient (Wildman–Crippen LogP) is 4.96. The van der Waals surface area contributed by atoms with Gasteiger partial charge in [0.25, 0.3) is 0 Å². The second kappa shape index (κ2) is 6.33. The fourth-order valence-electron chi connectivity index (χ4n) is 2.24. The Morgan fingerprint density at radius 1 is 1.15 bits per heavy atom. The third-order valence-electron chi connectivity index (χ3n) is 3.22. The van der Waals surface area contributed by atoms with Gasteiger partial charge in [-0.3, -0.25) is 0 Å². The molecule has 4 heteroatoms. The maximum atomic E-state index is 13.5. The lowest BCUT2D eigenvalue weighted by Crippen LogP contribution is -2.18. The first-order valence-electron chi connectivity index (χ1n) is 6.51. The summed E-state index contributed by atoms with van der Waals surface area (Å²) in [5, 5.41) is 3.32. The highest BCUT2D eigenvalue weighted by atomic mass is 35.5. The van der Waals surface area contributed by atoms with E-state index in [1.54, 1.807) is 12.1 Å². The molecule has 0 saturated carbocycles. The van der Waals surface area contributed by atoms with Crippen molar-refractivity contribution in [2.24, 2.45) is 0 Å². The van der Waals surface area contributed by atoms with Crippen molar-refractivity contribution in [2.45, 2.75) is 19.9 Å². The summed E-state index contributed by atoms with van der Waals surface area (Å²) in [6.45, 7) is 4.82. The molecule has 1 atom stereocenters. The summed E-state index contributed by atoms with van der Waals surface area (Å²) in [7, 11) is 0. The smallest absolute Gasteiger partial charge is 0.141 e. The third-order valence-corrected chi connectivity index (χ3v) is 3.51. The minimum Gasteiger partial charge on any atom is -0.310 e. The van der Waals surface area contributed by atoms with Gasteiger partial charge in [0.15, 0.2) is 0 Å². The van der Waals surface area contributed by atoms with E-state index in [9.17, 15) is 8.78 Å². The zero-order chi connectivity index (χ0) is 14.7. The van der Waals surface area contributed by atoms with E-state index in [4.69, 9.17) is 11.6 Å². The molecule has 1 unspecified atom stereocenters. The van der Waals surface area contributed by atoms with Crippen molar-refractivity contribution in [2.75, 3.05) is 6.54 Å². The van der Waals surface area contributed by atoms with Gasteiger partial charge in [0, 0.05) is 6.04 Å². The van der Waals surface area contributed by atoms with Gasteiger partial charge in [-0.25, -0.2) is 8.78 Å². The van der Waals surface area contributed by atoms with E-state index in [1.807, 2.05) is 13.8 Å². The Balaban J connectivity index is 2.53. The number of hydrogen-bond donors (Lipinski definition) is 1. The van der Waals surface area contributed by atoms with Gasteiger partial charge in [0.1, 0.15) is 11.6 Å². The van der Waals surface area contributed by atoms with E-state index in [2.05, 4.69) is 5.32 Å². The molecule has 0 aromatic heterocycles. The summed E-state index contributed by atoms with van der Waals surface area (Å²) >= 11 is 5.81. The summed E-state index contributed by atoms with van der Waals surface area (Å²) in [6.07, 6.45) is 0. The molecule has 2 aromatic rings. The maximum absolute atomic E-state index is 13.5. The van der Waals surface area contributed by atoms with E-state index in [1.165, 1.54) is 24.3 Å². The lowest BCUT2D eigenvalue weighted by molar-refractivity contribution is 0.593. The van der Waals surface area contributed by atoms with Crippen LogP contribution >= 0.6 is 11.6 Å². The van der Waals surface area contributed by atoms with Crippen LogP contribution < -0.4 is 5.32 Å². The van der Waals surface area contributed by atoms with Crippen LogP contribution in [0.5, 0.6) is 0 Å². The molecular weight excluding hydrogens is 280 g/mol. The predicted molar refractivity (Wildman–Crippen MR) is 78.9 cm³/mol. The Hall–Kier alpha value is -1.45. The average molecular weight is 296 g/mol. The molecule has 0 saturated heterocycles. The Labute approximate surface area is 122 Å². The highest BCUT2D eigenvalue weighted by Gasteiger charge is 2.13. The molecule has 0 bridgehead atoms. The maximum Gasteiger partial charge on any atom is 0.141 e. The molecule has 0 spiro atoms. The Morgan fingerprint density at radius 3 is 2.55 bits per heavy atom. The monoisotopic (exact) mass is 295 g/mol. The van der Waals surface area contributed by atoms with E-state index < -0.39 is 5.82 Å². The molecule has 0 aliphatic rings. The molecule has 1 nitrogen and oxygen atoms in total. The molecule has 1 N–H and O–H groups in total. The lowest BCUT2D eigenvalue weighted by atomic mass is 9.95. The van der Waals surface area contributed by atoms with Crippen LogP contribution in [0.1, 0.15) is 25.5 Å². The summed E-state index contributed by atoms with van der Waals surface area (Å²) < 4.78 is 26.8. The first-order chi connectivity index (χ1) is 9.52. The van der Waals surface area contributed by atoms with Crippen molar-refractivity contribution in [3.8, 4) is 11.1 Å². The highest BCUT2D eigenvalue weighted by Crippen LogP contribution is 2.31. The van der Waals surface area contributed by atoms with Crippen LogP contribution in [0.25, 0.3) is 11.1 Å². The topological polar surface area (TPSA) is 12.0 Å². The van der Waals surface area contributed by atoms with Gasteiger partial charge in [0.2, 0.25) is 0 Å². The molecule has 0 heterocycles. The van der Waals surface area contributed by atoms with E-state index in [-0.39, 0.29) is 16.9 Å². The fourth-order valence-corrected chi connectivity index (χ4v) is 2.42. The van der Waals surface area contributed by atoms with Gasteiger partial charge >= 0.3 is 0 Å². The van der Waals surface area contributed by atoms with E-state index in [0.29, 0.717) is 5.56 Å². The van der Waals surface area contributed by atoms with Gasteiger partial charge < -0.3 is 5.32 Å². The fraction of sp³-hybridized carbons (Fsp3) is 0.250. The lowest BCUT2D eigenvalue weighted by Gasteiger charge is -2.18. The quantitative estimate of drug-likeness (QED) is 0.841. The Bertz CT molecular complexity index is 613. The van der Waals surface area contributed by atoms with Crippen LogP contribution in [-0.4, -0.2) is 6.54 Å². The third kappa shape index (κ3) is 3.17. The van der Waals surface area contributed by atoms with Crippen LogP contribution in [0.4, 0.5) is 8.78 Å². The molecule has 0 radical (unpaired) electrons. The van der Waals surface area contributed by atoms with Crippen molar-refractivity contribution < 1.29 is 8.78 Å². The van der Waals surface area contributed by atoms with Gasteiger partial charge in [-0.2, -0.15) is 0 Å². The molecular formula is C16H16ClF2N. The summed E-state index contributed by atoms with van der Waals surface area (Å²) in [4.78, 5) is 0. The van der Waals surface area contributed by atoms with E-state index >= 15 is 0 Å². The minimum atomic E-state index is -0.479. The van der Waals surface area contributed by atoms with Gasteiger partial charge in [-0.1, -0.05) is 30.7 Å². The molecule has 0 aliphatic heterocycles. The van der Waals surface area contributed by atoms with Crippen molar-refractivity contribution in [3.63, 3.8) is 0 Å². The normalized spacial score (nSPS) is 12.4. The second-order valence-corrected chi connectivity index (χ2v) is 5.05. The molecule has 106 valence electrons. The number of rotatable bonds is 4. The van der Waals surface area contributed by atoms with Crippen LogP contribution in [0, 0.1) is 11.6 Å². The summed E-state index contributed by atoms with van der Waals surface area (Å²) in [5.74, 6) is -0.805. The zero-order valence-electron chi connectivity index (χ0n) is 11.4. The molecule has 2 rings (SSSR count). The van der Waals surface area contributed by atoms with Crippen LogP contribution in [0.15, 0.2) is 36.4 Å². The minimum absolute atomic E-state index is 0.0359. The van der Waals surface area contributed by atoms with E-state index in [0.717, 1.165) is 17.7 Å². The van der Waals surface area contributed by atoms with Crippen molar-refractivity contribution in [3.05, 3.63) is 58.6 Å². The second-order valence-electron chi connectivity index (χ2n) is 4.64. The molecule has 0 aliphatic carbocycles. The van der Waals surface area contributed by atoms with Crippen molar-refractivity contribution in [1.82, 2.24) is 5.32 Å². The standard InChI is InChI=1S/C16H16ClF2N/c1-3-20-10(2)13-6-5-12(18)9-14(13)11-4-7-16(19)15(17)8-11/h4-10,20H,3H2,1-2H3. The summed E-state index contributed by atoms with van der Waals surface area (Å²) in [5.41, 5.74) is 2.38. The zero-order valence-corrected chi connectivity index (χ0v) is 12.1. The average Bonchev–Trinajstić information content (AvgIpc) is 2.42.